The third kappa shape index (κ3) is 28.6. The van der Waals surface area contributed by atoms with E-state index < -0.39 is 279 Å². The monoisotopic (exact) mass is 1940 g/mol. The molecule has 746 valence electrons. The minimum Gasteiger partial charge on any atom is -0.508 e. The van der Waals surface area contributed by atoms with Crippen molar-refractivity contribution in [2.45, 2.75) is 239 Å². The van der Waals surface area contributed by atoms with Crippen molar-refractivity contribution in [3.63, 3.8) is 0 Å². The molecule has 138 heavy (non-hydrogen) atoms. The van der Waals surface area contributed by atoms with E-state index >= 15 is 47.9 Å². The molecule has 7 heterocycles. The van der Waals surface area contributed by atoms with Crippen LogP contribution in [0.3, 0.4) is 0 Å². The van der Waals surface area contributed by atoms with Gasteiger partial charge in [0.2, 0.25) is 100 Å². The average Bonchev–Trinajstić information content (AvgIpc) is 1.63. The van der Waals surface area contributed by atoms with E-state index in [4.69, 9.17) is 11.5 Å². The number of rotatable bonds is 26. The van der Waals surface area contributed by atoms with Crippen molar-refractivity contribution in [1.29, 1.82) is 0 Å². The molecule has 4 saturated heterocycles. The van der Waals surface area contributed by atoms with E-state index in [1.54, 1.807) is 79.5 Å². The predicted molar refractivity (Wildman–Crippen MR) is 497 cm³/mol. The minimum atomic E-state index is -1.96. The highest BCUT2D eigenvalue weighted by atomic mass is 32.2. The lowest BCUT2D eigenvalue weighted by Crippen LogP contribution is -2.62. The van der Waals surface area contributed by atoms with Gasteiger partial charge in [-0.15, -0.1) is 11.8 Å². The number of nitrogens with two attached hydrogens (primary N) is 2. The number of amides is 17. The summed E-state index contributed by atoms with van der Waals surface area (Å²) in [5.74, 6) is -21.5. The van der Waals surface area contributed by atoms with Crippen LogP contribution in [0.15, 0.2) is 97.7 Å². The number of carbonyl (C=O) groups excluding carboxylic acids is 17. The van der Waals surface area contributed by atoms with Gasteiger partial charge in [-0.05, 0) is 98.7 Å². The van der Waals surface area contributed by atoms with Gasteiger partial charge < -0.3 is 129 Å². The van der Waals surface area contributed by atoms with Crippen molar-refractivity contribution in [3.8, 4) is 5.75 Å². The van der Waals surface area contributed by atoms with Crippen LogP contribution >= 0.6 is 11.8 Å². The molecule has 0 saturated carbocycles. The number of hydrogen-bond acceptors (Lipinski definition) is 24. The summed E-state index contributed by atoms with van der Waals surface area (Å²) in [6.45, 7) is 0.770. The molecule has 4 fully saturated rings. The van der Waals surface area contributed by atoms with Crippen molar-refractivity contribution in [2.75, 3.05) is 58.4 Å². The van der Waals surface area contributed by atoms with E-state index in [0.717, 1.165) is 19.6 Å². The normalized spacial score (nSPS) is 24.9. The van der Waals surface area contributed by atoms with Crippen LogP contribution in [-0.4, -0.2) is 331 Å². The largest absolute Gasteiger partial charge is 0.508 e. The molecule has 4 aliphatic rings. The van der Waals surface area contributed by atoms with Crippen LogP contribution in [0.25, 0.3) is 21.8 Å². The quantitative estimate of drug-likeness (QED) is 0.0258. The first kappa shape index (κ1) is 106. The van der Waals surface area contributed by atoms with E-state index in [-0.39, 0.29) is 88.7 Å². The number of imidazole rings is 1. The van der Waals surface area contributed by atoms with Crippen molar-refractivity contribution < 1.29 is 117 Å². The van der Waals surface area contributed by atoms with E-state index in [2.05, 4.69) is 68.1 Å². The molecule has 45 nitrogen and oxygen atoms in total. The van der Waals surface area contributed by atoms with Crippen LogP contribution in [-0.2, 0) is 124 Å². The van der Waals surface area contributed by atoms with Gasteiger partial charge in [0, 0.05) is 138 Å². The maximum absolute atomic E-state index is 15.8. The van der Waals surface area contributed by atoms with Gasteiger partial charge in [0.05, 0.1) is 37.8 Å². The zero-order valence-corrected chi connectivity index (χ0v) is 78.2. The van der Waals surface area contributed by atoms with Gasteiger partial charge >= 0.3 is 11.9 Å². The number of aromatic hydroxyl groups is 1. The number of nitrogens with one attached hydrogen (secondary N) is 12. The first-order chi connectivity index (χ1) is 65.9. The van der Waals surface area contributed by atoms with Crippen molar-refractivity contribution in [2.24, 2.45) is 18.5 Å². The Labute approximate surface area is 798 Å². The number of aromatic amines is 2. The summed E-state index contributed by atoms with van der Waals surface area (Å²) in [6.07, 6.45) is 0.646. The predicted octanol–water partition coefficient (Wildman–Crippen LogP) is -2.96. The fourth-order valence-corrected chi connectivity index (χ4v) is 18.5. The number of aliphatic carboxylic acids is 2. The Morgan fingerprint density at radius 2 is 1.05 bits per heavy atom. The van der Waals surface area contributed by atoms with Crippen molar-refractivity contribution >= 4 is 146 Å². The number of H-pyrrole nitrogens is 2. The number of aliphatic hydroxyl groups is 2. The lowest BCUT2D eigenvalue weighted by molar-refractivity contribution is -0.149. The Hall–Kier alpha value is -14.1. The molecule has 0 bridgehead atoms. The molecule has 15 atom stereocenters. The highest BCUT2D eigenvalue weighted by Gasteiger charge is 2.48. The van der Waals surface area contributed by atoms with Gasteiger partial charge in [0.1, 0.15) is 90.3 Å². The minimum absolute atomic E-state index is 0.0426. The molecule has 4 aliphatic heterocycles. The number of hydrogen-bond donors (Lipinski definition) is 19. The number of unbranched alkanes of at least 4 members (excludes halogenated alkanes) is 2. The van der Waals surface area contributed by atoms with E-state index in [1.807, 2.05) is 6.92 Å². The number of piperidine rings is 1. The average molecular weight is 1940 g/mol. The summed E-state index contributed by atoms with van der Waals surface area (Å²) in [7, 11) is 4.33. The van der Waals surface area contributed by atoms with Gasteiger partial charge in [-0.2, -0.15) is 0 Å². The molecule has 46 heteroatoms. The molecule has 0 unspecified atom stereocenters. The summed E-state index contributed by atoms with van der Waals surface area (Å²) in [4.78, 5) is 291. The molecule has 0 aliphatic carbocycles. The second kappa shape index (κ2) is 50.1. The number of carboxylic acids is 2. The van der Waals surface area contributed by atoms with Crippen LogP contribution in [0.4, 0.5) is 0 Å². The highest BCUT2D eigenvalue weighted by molar-refractivity contribution is 8.00. The number of phenolic OH excluding ortho intramolecular Hbond substituents is 1. The maximum Gasteiger partial charge on any atom is 0.303 e. The number of benzene rings is 3. The van der Waals surface area contributed by atoms with Gasteiger partial charge in [-0.3, -0.25) is 91.1 Å². The number of aryl methyl sites for hydroxylation is 1. The zero-order chi connectivity index (χ0) is 100. The molecule has 0 radical (unpaired) electrons. The molecule has 3 aromatic heterocycles. The molecule has 17 amide bonds. The summed E-state index contributed by atoms with van der Waals surface area (Å²) < 4.78 is 1.77. The van der Waals surface area contributed by atoms with Crippen molar-refractivity contribution in [1.82, 2.24) is 97.2 Å². The molecule has 10 rings (SSSR count). The lowest BCUT2D eigenvalue weighted by Gasteiger charge is -2.38. The van der Waals surface area contributed by atoms with Crippen LogP contribution in [0.2, 0.25) is 0 Å². The topological polar surface area (TPSA) is 663 Å². The number of fused-ring (bicyclic) bond motifs is 5. The number of carboxylic acid groups (broad SMARTS) is 2. The number of nitrogens with zero attached hydrogens (tertiary/aromatic N) is 7. The van der Waals surface area contributed by atoms with E-state index in [0.29, 0.717) is 75.9 Å². The maximum atomic E-state index is 15.8. The molecule has 6 aromatic rings. The first-order valence-electron chi connectivity index (χ1n) is 46.0. The fraction of sp³-hybridized carbons (Fsp3) is 0.522. The third-order valence-electron chi connectivity index (χ3n) is 25.0. The second-order valence-electron chi connectivity index (χ2n) is 35.1. The lowest BCUT2D eigenvalue weighted by atomic mass is 9.97. The summed E-state index contributed by atoms with van der Waals surface area (Å²) in [5.41, 5.74) is 14.0. The first-order valence-corrected chi connectivity index (χ1v) is 47.2. The Bertz CT molecular complexity index is 5420. The van der Waals surface area contributed by atoms with Gasteiger partial charge in [-0.1, -0.05) is 88.1 Å². The standard InChI is InChI=1S/C92H123N21O24S/c1-6-8-20-69-84(129)100-59(29-31-77(120)121)80(125)107-67(79(124)97-43-75(94)118)47-138-48-76(119)99-63(35-50-25-27-54(115)28-26-50)90(135)111-33-15-14-23-70(111)86(131)105-65(40-74(93)117)91(136)112-34-16-24-71(112)85(130)103-62(38-53-42-95-49-98-53)82(127)101-60(30-32-78(122)123)89(134)113-45-55(116)39-73(113)87(132)102-61(36-51-41-96-58-19-12-10-17-56(51)58)81(126)106-66(46-114)83(128)104-64(37-52-44-108(3)68-22-13-11-18-57(52)68)88(133)110(5)72(21-9-7-2)92(137)109(69)4/h10-13,17-19,22,25-28,41-42,44,49,55,59-67,69-73,96,114-116H,6-9,14-16,20-21,23-24,29-40,43,45-48H2,1-5H3,(H2,93,117)(H2,94,118)(H,95,98)(H,97,124)(H,99,119)(H,100,129)(H,101,127)(H,102,132)(H,103,130)(H,104,128)(H,105,131)(H,106,126)(H,107,125)(H,120,121)(H,122,123)/t55-,59+,60+,61+,62+,63+,64+,65+,66+,67+,69+,70+,71+,72+,73+/m1/s1. The van der Waals surface area contributed by atoms with Crippen molar-refractivity contribution in [3.05, 3.63) is 120 Å². The Kier molecular flexibility index (Phi) is 38.5. The number of likely N-dealkylation sites (N-methyl/N-ethyl adjacent to an activating group) is 2. The molecule has 0 spiro atoms. The summed E-state index contributed by atoms with van der Waals surface area (Å²) >= 11 is 0.714. The summed E-state index contributed by atoms with van der Waals surface area (Å²) in [6, 6.07) is -3.79. The number of thioether (sulfide) groups is 1. The number of carbonyl (C=O) groups is 19. The van der Waals surface area contributed by atoms with Gasteiger partial charge in [-0.25, -0.2) is 4.98 Å². The number of primary amides is 2. The van der Waals surface area contributed by atoms with Gasteiger partial charge in [0.25, 0.3) is 0 Å². The fourth-order valence-electron chi connectivity index (χ4n) is 17.7. The molecule has 21 N–H and O–H groups in total. The third-order valence-corrected chi connectivity index (χ3v) is 26.0. The van der Waals surface area contributed by atoms with Crippen LogP contribution in [0.5, 0.6) is 5.75 Å². The van der Waals surface area contributed by atoms with E-state index in [1.165, 1.54) is 55.8 Å². The van der Waals surface area contributed by atoms with E-state index in [9.17, 15) is 68.7 Å². The SMILES string of the molecule is CCCC[C@H]1C(=O)N(C)[C@@H](CCCC)C(=O)N[C@@H](CCC(=O)O)C(=O)N[C@H](C(=O)NCC(N)=O)CSCC(=O)N[C@@H](Cc2ccc(O)cc2)C(=O)N2CCCC[C@H]2C(=O)N[C@@H](CC(N)=O)C(=O)N2CCC[C@H]2C(=O)N[C@@H](Cc2cnc[nH]2)C(=O)N[C@@H](CCC(=O)O)C(=O)N2C[C@H](O)C[C@H]2C(=O)N[C@@H](Cc2c[nH]c3ccccc23)C(=O)N[C@@H](CO)C(=O)N[C@@H](Cc2cn(C)c3ccccc23)C(=O)N1C. The Morgan fingerprint density at radius 1 is 0.514 bits per heavy atom. The Balaban J connectivity index is 1.03. The number of aromatic nitrogens is 4. The number of aliphatic hydroxyl groups excluding tert-OH is 2. The van der Waals surface area contributed by atoms with Crippen LogP contribution in [0.1, 0.15) is 145 Å². The number of phenols is 1. The summed E-state index contributed by atoms with van der Waals surface area (Å²) in [5, 5.41) is 80.1. The smallest absolute Gasteiger partial charge is 0.303 e. The van der Waals surface area contributed by atoms with Crippen LogP contribution < -0.4 is 64.6 Å². The van der Waals surface area contributed by atoms with Crippen LogP contribution in [0, 0.1) is 0 Å². The number of para-hydroxylation sites is 2. The molecular formula is C92H123N21O24S. The molecule has 3 aromatic carbocycles. The molecular weight excluding hydrogens is 1820 g/mol. The second-order valence-corrected chi connectivity index (χ2v) is 36.1. The Morgan fingerprint density at radius 3 is 1.69 bits per heavy atom. The highest BCUT2D eigenvalue weighted by Crippen LogP contribution is 2.30. The zero-order valence-electron chi connectivity index (χ0n) is 77.4. The van der Waals surface area contributed by atoms with Gasteiger partial charge in [0.15, 0.2) is 0 Å².